The zero-order chi connectivity index (χ0) is 16.7. The molecule has 0 aliphatic rings. The predicted molar refractivity (Wildman–Crippen MR) is 94.4 cm³/mol. The molecular weight excluding hydrogens is 288 g/mol. The topological polar surface area (TPSA) is 49.7 Å². The average molecular weight is 310 g/mol. The largest absolute Gasteiger partial charge is 0.457 e. The molecule has 0 aromatic heterocycles. The first-order valence-electron chi connectivity index (χ1n) is 7.58. The van der Waals surface area contributed by atoms with Crippen molar-refractivity contribution in [1.29, 1.82) is 0 Å². The van der Waals surface area contributed by atoms with E-state index in [9.17, 15) is 0 Å². The van der Waals surface area contributed by atoms with Crippen LogP contribution >= 0.6 is 0 Å². The first-order chi connectivity index (χ1) is 11.1. The van der Waals surface area contributed by atoms with Crippen molar-refractivity contribution in [2.24, 2.45) is 0 Å². The van der Waals surface area contributed by atoms with Gasteiger partial charge in [0.25, 0.3) is 0 Å². The Kier molecular flexibility index (Phi) is 6.15. The predicted octanol–water partition coefficient (Wildman–Crippen LogP) is 4.27. The maximum absolute atomic E-state index is 8.92. The molecule has 2 aromatic rings. The lowest BCUT2D eigenvalue weighted by Crippen LogP contribution is -1.87. The minimum absolute atomic E-state index is 0.0422. The Morgan fingerprint density at radius 1 is 0.739 bits per heavy atom. The van der Waals surface area contributed by atoms with Crippen LogP contribution in [0.15, 0.2) is 60.7 Å². The van der Waals surface area contributed by atoms with E-state index in [-0.39, 0.29) is 13.2 Å². The van der Waals surface area contributed by atoms with Gasteiger partial charge in [-0.2, -0.15) is 0 Å². The van der Waals surface area contributed by atoms with Gasteiger partial charge in [-0.05, 0) is 60.4 Å². The van der Waals surface area contributed by atoms with Crippen molar-refractivity contribution in [3.63, 3.8) is 0 Å². The zero-order valence-electron chi connectivity index (χ0n) is 13.5. The number of hydrogen-bond acceptors (Lipinski definition) is 3. The lowest BCUT2D eigenvalue weighted by atomic mass is 10.1. The van der Waals surface area contributed by atoms with Gasteiger partial charge in [0.15, 0.2) is 0 Å². The van der Waals surface area contributed by atoms with Gasteiger partial charge in [0.05, 0.1) is 13.2 Å². The number of hydrogen-bond donors (Lipinski definition) is 2. The van der Waals surface area contributed by atoms with Gasteiger partial charge in [-0.15, -0.1) is 0 Å². The Labute approximate surface area is 137 Å². The van der Waals surface area contributed by atoms with E-state index in [2.05, 4.69) is 0 Å². The molecule has 3 heteroatoms. The second-order valence-electron chi connectivity index (χ2n) is 5.29. The van der Waals surface area contributed by atoms with Crippen molar-refractivity contribution in [3.05, 3.63) is 71.8 Å². The van der Waals surface area contributed by atoms with Crippen molar-refractivity contribution >= 4 is 11.1 Å². The van der Waals surface area contributed by atoms with E-state index in [0.29, 0.717) is 0 Å². The van der Waals surface area contributed by atoms with Gasteiger partial charge in [0.1, 0.15) is 11.5 Å². The molecule has 0 fully saturated rings. The van der Waals surface area contributed by atoms with Gasteiger partial charge in [-0.25, -0.2) is 0 Å². The number of benzene rings is 2. The summed E-state index contributed by atoms with van der Waals surface area (Å²) in [7, 11) is 0. The summed E-state index contributed by atoms with van der Waals surface area (Å²) in [5.41, 5.74) is 4.20. The van der Waals surface area contributed by atoms with E-state index in [1.807, 2.05) is 62.4 Å². The summed E-state index contributed by atoms with van der Waals surface area (Å²) < 4.78 is 5.83. The monoisotopic (exact) mass is 310 g/mol. The minimum atomic E-state index is 0.0422. The maximum atomic E-state index is 8.92. The molecule has 0 saturated heterocycles. The number of allylic oxidation sites excluding steroid dienone is 2. The molecule has 120 valence electrons. The lowest BCUT2D eigenvalue weighted by Gasteiger charge is -2.08. The van der Waals surface area contributed by atoms with Crippen LogP contribution in [-0.2, 0) is 0 Å². The van der Waals surface area contributed by atoms with E-state index >= 15 is 0 Å². The standard InChI is InChI=1S/C20H22O3/c1-15(11-13-21)17-3-7-19(8-4-17)23-20-9-5-18(6-10-20)16(2)12-14-22/h3-12,21-22H,13-14H2,1-2H3/b15-11+,16-12+. The van der Waals surface area contributed by atoms with Crippen LogP contribution in [0, 0.1) is 0 Å². The van der Waals surface area contributed by atoms with E-state index in [1.54, 1.807) is 12.2 Å². The summed E-state index contributed by atoms with van der Waals surface area (Å²) in [4.78, 5) is 0. The quantitative estimate of drug-likeness (QED) is 0.837. The number of ether oxygens (including phenoxy) is 1. The van der Waals surface area contributed by atoms with Crippen LogP contribution in [0.2, 0.25) is 0 Å². The fourth-order valence-electron chi connectivity index (χ4n) is 2.22. The van der Waals surface area contributed by atoms with Crippen LogP contribution in [0.25, 0.3) is 11.1 Å². The molecule has 0 atom stereocenters. The van der Waals surface area contributed by atoms with Crippen molar-refractivity contribution in [2.45, 2.75) is 13.8 Å². The molecule has 0 heterocycles. The lowest BCUT2D eigenvalue weighted by molar-refractivity contribution is 0.343. The molecule has 0 saturated carbocycles. The summed E-state index contributed by atoms with van der Waals surface area (Å²) in [6.07, 6.45) is 3.55. The van der Waals surface area contributed by atoms with Gasteiger partial charge in [0.2, 0.25) is 0 Å². The molecule has 2 N–H and O–H groups in total. The zero-order valence-corrected chi connectivity index (χ0v) is 13.5. The van der Waals surface area contributed by atoms with Crippen molar-refractivity contribution in [3.8, 4) is 11.5 Å². The second kappa shape index (κ2) is 8.32. The third-order valence-corrected chi connectivity index (χ3v) is 3.65. The molecule has 0 spiro atoms. The molecule has 0 aliphatic carbocycles. The van der Waals surface area contributed by atoms with Gasteiger partial charge < -0.3 is 14.9 Å². The van der Waals surface area contributed by atoms with Gasteiger partial charge in [-0.3, -0.25) is 0 Å². The molecule has 2 rings (SSSR count). The molecule has 0 bridgehead atoms. The highest BCUT2D eigenvalue weighted by Gasteiger charge is 2.01. The van der Waals surface area contributed by atoms with Gasteiger partial charge in [0, 0.05) is 0 Å². The van der Waals surface area contributed by atoms with E-state index in [0.717, 1.165) is 33.8 Å². The fraction of sp³-hybridized carbons (Fsp3) is 0.200. The molecule has 3 nitrogen and oxygen atoms in total. The highest BCUT2D eigenvalue weighted by molar-refractivity contribution is 5.65. The Morgan fingerprint density at radius 2 is 1.09 bits per heavy atom. The van der Waals surface area contributed by atoms with E-state index in [4.69, 9.17) is 14.9 Å². The second-order valence-corrected chi connectivity index (χ2v) is 5.29. The van der Waals surface area contributed by atoms with Crippen LogP contribution in [0.1, 0.15) is 25.0 Å². The van der Waals surface area contributed by atoms with Crippen LogP contribution in [0.3, 0.4) is 0 Å². The van der Waals surface area contributed by atoms with Crippen LogP contribution in [-0.4, -0.2) is 23.4 Å². The Balaban J connectivity index is 2.07. The van der Waals surface area contributed by atoms with Crippen molar-refractivity contribution in [2.75, 3.05) is 13.2 Å². The number of aliphatic hydroxyl groups is 2. The summed E-state index contributed by atoms with van der Waals surface area (Å²) >= 11 is 0. The fourth-order valence-corrected chi connectivity index (χ4v) is 2.22. The Hall–Kier alpha value is -2.36. The van der Waals surface area contributed by atoms with Crippen LogP contribution in [0.5, 0.6) is 11.5 Å². The van der Waals surface area contributed by atoms with Crippen molar-refractivity contribution in [1.82, 2.24) is 0 Å². The maximum Gasteiger partial charge on any atom is 0.127 e. The summed E-state index contributed by atoms with van der Waals surface area (Å²) in [5.74, 6) is 1.53. The van der Waals surface area contributed by atoms with E-state index in [1.165, 1.54) is 0 Å². The molecule has 0 unspecified atom stereocenters. The smallest absolute Gasteiger partial charge is 0.127 e. The Bertz CT molecular complexity index is 618. The summed E-state index contributed by atoms with van der Waals surface area (Å²) in [6.45, 7) is 4.02. The average Bonchev–Trinajstić information content (AvgIpc) is 2.56. The highest BCUT2D eigenvalue weighted by atomic mass is 16.5. The summed E-state index contributed by atoms with van der Waals surface area (Å²) in [6, 6.07) is 15.5. The normalized spacial score (nSPS) is 12.3. The first-order valence-corrected chi connectivity index (χ1v) is 7.58. The van der Waals surface area contributed by atoms with Crippen LogP contribution in [0.4, 0.5) is 0 Å². The first kappa shape index (κ1) is 17.0. The van der Waals surface area contributed by atoms with E-state index < -0.39 is 0 Å². The number of rotatable bonds is 6. The third kappa shape index (κ3) is 4.81. The highest BCUT2D eigenvalue weighted by Crippen LogP contribution is 2.25. The van der Waals surface area contributed by atoms with Crippen molar-refractivity contribution < 1.29 is 14.9 Å². The third-order valence-electron chi connectivity index (χ3n) is 3.65. The summed E-state index contributed by atoms with van der Waals surface area (Å²) in [5, 5.41) is 17.8. The molecule has 23 heavy (non-hydrogen) atoms. The molecule has 0 amide bonds. The molecule has 0 aliphatic heterocycles. The molecular formula is C20H22O3. The number of aliphatic hydroxyl groups excluding tert-OH is 2. The molecule has 0 radical (unpaired) electrons. The van der Waals surface area contributed by atoms with Crippen LogP contribution < -0.4 is 4.74 Å². The SMILES string of the molecule is C/C(=C\CO)c1ccc(Oc2ccc(/C(C)=C/CO)cc2)cc1. The minimum Gasteiger partial charge on any atom is -0.457 e. The van der Waals surface area contributed by atoms with Gasteiger partial charge >= 0.3 is 0 Å². The Morgan fingerprint density at radius 3 is 1.39 bits per heavy atom. The molecule has 2 aromatic carbocycles. The van der Waals surface area contributed by atoms with Gasteiger partial charge in [-0.1, -0.05) is 36.4 Å².